The monoisotopic (exact) mass is 463 g/mol. The van der Waals surface area contributed by atoms with Gasteiger partial charge in [-0.15, -0.1) is 0 Å². The van der Waals surface area contributed by atoms with E-state index in [1.165, 1.54) is 12.1 Å². The lowest BCUT2D eigenvalue weighted by Gasteiger charge is -2.30. The number of hydrogen-bond donors (Lipinski definition) is 0. The van der Waals surface area contributed by atoms with E-state index in [-0.39, 0.29) is 22.9 Å². The first-order valence-electron chi connectivity index (χ1n) is 10.1. The quantitative estimate of drug-likeness (QED) is 0.416. The summed E-state index contributed by atoms with van der Waals surface area (Å²) in [6.07, 6.45) is -4.12. The second-order valence-electron chi connectivity index (χ2n) is 7.47. The standard InChI is InChI=1S/C24H24F3NO3S/c1-18(2)28(32(29,30)21-11-7-4-8-12-21)22-14-13-20(24(25,26)27)17-23(22)31-16-15-19-9-5-3-6-10-19/h3-14,17-18H,15-16H2,1-2H3. The van der Waals surface area contributed by atoms with Crippen LogP contribution in [0.3, 0.4) is 0 Å². The number of anilines is 1. The molecule has 0 heterocycles. The highest BCUT2D eigenvalue weighted by atomic mass is 32.2. The largest absolute Gasteiger partial charge is 0.491 e. The molecule has 0 fully saturated rings. The van der Waals surface area contributed by atoms with Crippen molar-refractivity contribution >= 4 is 15.7 Å². The van der Waals surface area contributed by atoms with E-state index < -0.39 is 27.8 Å². The summed E-state index contributed by atoms with van der Waals surface area (Å²) in [5.41, 5.74) is 0.111. The topological polar surface area (TPSA) is 46.6 Å². The zero-order chi connectivity index (χ0) is 23.4. The molecule has 0 aromatic heterocycles. The Morgan fingerprint density at radius 3 is 2.06 bits per heavy atom. The molecule has 170 valence electrons. The highest BCUT2D eigenvalue weighted by Crippen LogP contribution is 2.39. The van der Waals surface area contributed by atoms with Crippen LogP contribution in [0.15, 0.2) is 83.8 Å². The van der Waals surface area contributed by atoms with E-state index in [4.69, 9.17) is 4.74 Å². The third kappa shape index (κ3) is 5.43. The molecule has 0 atom stereocenters. The molecule has 32 heavy (non-hydrogen) atoms. The Labute approximate surface area is 186 Å². The van der Waals surface area contributed by atoms with E-state index in [0.717, 1.165) is 28.1 Å². The van der Waals surface area contributed by atoms with E-state index in [9.17, 15) is 21.6 Å². The van der Waals surface area contributed by atoms with Crippen LogP contribution in [0.5, 0.6) is 5.75 Å². The second-order valence-corrected chi connectivity index (χ2v) is 9.29. The van der Waals surface area contributed by atoms with Crippen LogP contribution in [0.25, 0.3) is 0 Å². The summed E-state index contributed by atoms with van der Waals surface area (Å²) in [5.74, 6) is -0.135. The van der Waals surface area contributed by atoms with E-state index in [1.54, 1.807) is 32.0 Å². The van der Waals surface area contributed by atoms with Crippen LogP contribution in [0, 0.1) is 0 Å². The molecule has 0 N–H and O–H groups in total. The Hall–Kier alpha value is -3.00. The summed E-state index contributed by atoms with van der Waals surface area (Å²) in [6.45, 7) is 3.41. The van der Waals surface area contributed by atoms with Gasteiger partial charge in [-0.25, -0.2) is 8.42 Å². The van der Waals surface area contributed by atoms with E-state index >= 15 is 0 Å². The molecule has 0 saturated heterocycles. The van der Waals surface area contributed by atoms with Crippen molar-refractivity contribution in [3.8, 4) is 5.75 Å². The van der Waals surface area contributed by atoms with E-state index in [0.29, 0.717) is 6.42 Å². The smallest absolute Gasteiger partial charge is 0.416 e. The molecule has 0 bridgehead atoms. The Balaban J connectivity index is 2.02. The summed E-state index contributed by atoms with van der Waals surface area (Å²) in [4.78, 5) is 0.0452. The first-order chi connectivity index (χ1) is 15.1. The molecule has 0 aliphatic carbocycles. The van der Waals surface area contributed by atoms with Crippen LogP contribution in [-0.4, -0.2) is 21.1 Å². The zero-order valence-electron chi connectivity index (χ0n) is 17.7. The Kier molecular flexibility index (Phi) is 7.13. The average Bonchev–Trinajstić information content (AvgIpc) is 2.75. The highest BCUT2D eigenvalue weighted by molar-refractivity contribution is 7.92. The average molecular weight is 464 g/mol. The molecule has 0 aliphatic heterocycles. The molecule has 4 nitrogen and oxygen atoms in total. The van der Waals surface area contributed by atoms with Gasteiger partial charge in [0.2, 0.25) is 0 Å². The minimum Gasteiger partial charge on any atom is -0.491 e. The normalized spacial score (nSPS) is 12.1. The molecule has 0 unspecified atom stereocenters. The molecule has 3 rings (SSSR count). The zero-order valence-corrected chi connectivity index (χ0v) is 18.5. The number of nitrogens with zero attached hydrogens (tertiary/aromatic N) is 1. The number of sulfonamides is 1. The molecule has 0 amide bonds. The maximum Gasteiger partial charge on any atom is 0.416 e. The van der Waals surface area contributed by atoms with Crippen molar-refractivity contribution in [1.82, 2.24) is 0 Å². The fourth-order valence-electron chi connectivity index (χ4n) is 3.30. The van der Waals surface area contributed by atoms with Gasteiger partial charge in [-0.2, -0.15) is 13.2 Å². The molecular weight excluding hydrogens is 439 g/mol. The minimum absolute atomic E-state index is 0.0452. The second kappa shape index (κ2) is 9.65. The molecule has 0 spiro atoms. The van der Waals surface area contributed by atoms with Gasteiger partial charge in [0.05, 0.1) is 22.8 Å². The summed E-state index contributed by atoms with van der Waals surface area (Å²) in [6, 6.07) is 19.4. The lowest BCUT2D eigenvalue weighted by Crippen LogP contribution is -2.37. The van der Waals surface area contributed by atoms with Gasteiger partial charge >= 0.3 is 6.18 Å². The van der Waals surface area contributed by atoms with Crippen molar-refractivity contribution in [3.05, 3.63) is 90.0 Å². The number of benzene rings is 3. The first kappa shape index (κ1) is 23.7. The van der Waals surface area contributed by atoms with Gasteiger partial charge < -0.3 is 4.74 Å². The number of alkyl halides is 3. The Bertz CT molecular complexity index is 1130. The van der Waals surface area contributed by atoms with Gasteiger partial charge in [0.15, 0.2) is 0 Å². The van der Waals surface area contributed by atoms with Crippen LogP contribution in [-0.2, 0) is 22.6 Å². The van der Waals surface area contributed by atoms with Crippen LogP contribution < -0.4 is 9.04 Å². The third-order valence-corrected chi connectivity index (χ3v) is 6.79. The van der Waals surface area contributed by atoms with Gasteiger partial charge in [0.1, 0.15) is 5.75 Å². The van der Waals surface area contributed by atoms with Crippen LogP contribution in [0.4, 0.5) is 18.9 Å². The minimum atomic E-state index is -4.59. The molecule has 0 aliphatic rings. The van der Waals surface area contributed by atoms with Crippen molar-refractivity contribution in [3.63, 3.8) is 0 Å². The van der Waals surface area contributed by atoms with Gasteiger partial charge in [-0.3, -0.25) is 4.31 Å². The van der Waals surface area contributed by atoms with Gasteiger partial charge in [-0.1, -0.05) is 48.5 Å². The summed E-state index contributed by atoms with van der Waals surface area (Å²) >= 11 is 0. The fourth-order valence-corrected chi connectivity index (χ4v) is 5.00. The number of ether oxygens (including phenoxy) is 1. The highest BCUT2D eigenvalue weighted by Gasteiger charge is 2.34. The summed E-state index contributed by atoms with van der Waals surface area (Å²) in [5, 5.41) is 0. The molecular formula is C24H24F3NO3S. The van der Waals surface area contributed by atoms with Gasteiger partial charge in [-0.05, 0) is 49.7 Å². The van der Waals surface area contributed by atoms with Gasteiger partial charge in [0, 0.05) is 12.5 Å². The molecule has 3 aromatic rings. The molecule has 0 saturated carbocycles. The maximum atomic E-state index is 13.4. The van der Waals surface area contributed by atoms with Crippen molar-refractivity contribution in [2.24, 2.45) is 0 Å². The van der Waals surface area contributed by atoms with E-state index in [2.05, 4.69) is 0 Å². The number of halogens is 3. The molecule has 8 heteroatoms. The van der Waals surface area contributed by atoms with Crippen molar-refractivity contribution < 1.29 is 26.3 Å². The molecule has 0 radical (unpaired) electrons. The summed E-state index contributed by atoms with van der Waals surface area (Å²) < 4.78 is 73.6. The van der Waals surface area contributed by atoms with E-state index in [1.807, 2.05) is 30.3 Å². The Morgan fingerprint density at radius 2 is 1.50 bits per heavy atom. The predicted octanol–water partition coefficient (Wildman–Crippen LogP) is 5.93. The van der Waals surface area contributed by atoms with Crippen molar-refractivity contribution in [2.45, 2.75) is 37.4 Å². The number of rotatable bonds is 8. The Morgan fingerprint density at radius 1 is 0.906 bits per heavy atom. The predicted molar refractivity (Wildman–Crippen MR) is 118 cm³/mol. The summed E-state index contributed by atoms with van der Waals surface area (Å²) in [7, 11) is -4.03. The first-order valence-corrected chi connectivity index (χ1v) is 11.5. The van der Waals surface area contributed by atoms with Gasteiger partial charge in [0.25, 0.3) is 10.0 Å². The fraction of sp³-hybridized carbons (Fsp3) is 0.250. The lowest BCUT2D eigenvalue weighted by atomic mass is 10.1. The molecule has 3 aromatic carbocycles. The van der Waals surface area contributed by atoms with Crippen molar-refractivity contribution in [2.75, 3.05) is 10.9 Å². The third-order valence-electron chi connectivity index (χ3n) is 4.78. The van der Waals surface area contributed by atoms with Crippen molar-refractivity contribution in [1.29, 1.82) is 0 Å². The lowest BCUT2D eigenvalue weighted by molar-refractivity contribution is -0.137. The number of hydrogen-bond acceptors (Lipinski definition) is 3. The SMILES string of the molecule is CC(C)N(c1ccc(C(F)(F)F)cc1OCCc1ccccc1)S(=O)(=O)c1ccccc1. The maximum absolute atomic E-state index is 13.4. The van der Waals surface area contributed by atoms with Crippen LogP contribution in [0.1, 0.15) is 25.0 Å². The van der Waals surface area contributed by atoms with Crippen LogP contribution in [0.2, 0.25) is 0 Å². The van der Waals surface area contributed by atoms with Crippen LogP contribution >= 0.6 is 0 Å².